The largest absolute Gasteiger partial charge is 0.508 e. The molecule has 1 saturated carbocycles. The highest BCUT2D eigenvalue weighted by Crippen LogP contribution is 2.32. The third kappa shape index (κ3) is 7.99. The summed E-state index contributed by atoms with van der Waals surface area (Å²) in [4.78, 5) is 24.9. The van der Waals surface area contributed by atoms with Crippen LogP contribution in [0.2, 0.25) is 0 Å². The molecule has 1 amide bonds. The lowest BCUT2D eigenvalue weighted by atomic mass is 9.80. The van der Waals surface area contributed by atoms with Crippen LogP contribution in [0.1, 0.15) is 55.8 Å². The molecule has 1 aliphatic carbocycles. The summed E-state index contributed by atoms with van der Waals surface area (Å²) in [5, 5.41) is 34.3. The van der Waals surface area contributed by atoms with Crippen molar-refractivity contribution in [2.45, 2.75) is 51.5 Å². The maximum atomic E-state index is 12.7. The Hall–Kier alpha value is -4.01. The van der Waals surface area contributed by atoms with Gasteiger partial charge in [-0.1, -0.05) is 19.3 Å². The fraction of sp³-hybridized carbons (Fsp3) is 0.414. The molecule has 0 aromatic heterocycles. The summed E-state index contributed by atoms with van der Waals surface area (Å²) >= 11 is 0. The molecule has 0 heterocycles. The van der Waals surface area contributed by atoms with E-state index in [4.69, 9.17) is 15.3 Å². The van der Waals surface area contributed by atoms with Crippen molar-refractivity contribution in [3.8, 4) is 11.5 Å². The first-order valence-electron chi connectivity index (χ1n) is 12.9. The summed E-state index contributed by atoms with van der Waals surface area (Å²) in [6, 6.07) is 11.9. The number of nitrogens with zero attached hydrogens (tertiary/aromatic N) is 1. The fourth-order valence-electron chi connectivity index (χ4n) is 4.77. The third-order valence-electron chi connectivity index (χ3n) is 6.87. The number of aromatic hydroxyl groups is 1. The third-order valence-corrected chi connectivity index (χ3v) is 6.87. The summed E-state index contributed by atoms with van der Waals surface area (Å²) in [5.74, 6) is -0.235. The normalized spacial score (nSPS) is 14.9. The average Bonchev–Trinajstić information content (AvgIpc) is 2.91. The number of hydrogen-bond donors (Lipinski definition) is 5. The molecule has 9 nitrogen and oxygen atoms in total. The van der Waals surface area contributed by atoms with E-state index in [1.54, 1.807) is 38.2 Å². The predicted octanol–water partition coefficient (Wildman–Crippen LogP) is 5.34. The Bertz CT molecular complexity index is 1160. The zero-order valence-corrected chi connectivity index (χ0v) is 22.3. The summed E-state index contributed by atoms with van der Waals surface area (Å²) in [7, 11) is 3.13. The van der Waals surface area contributed by atoms with Crippen LogP contribution in [0, 0.1) is 11.3 Å². The molecule has 0 aliphatic heterocycles. The minimum atomic E-state index is -0.944. The van der Waals surface area contributed by atoms with Crippen LogP contribution >= 0.6 is 0 Å². The Kier molecular flexibility index (Phi) is 10.2. The number of hydrogen-bond acceptors (Lipinski definition) is 7. The average molecular weight is 523 g/mol. The van der Waals surface area contributed by atoms with Gasteiger partial charge in [-0.2, -0.15) is 0 Å². The van der Waals surface area contributed by atoms with Crippen LogP contribution in [-0.2, 0) is 4.79 Å². The molecule has 1 unspecified atom stereocenters. The van der Waals surface area contributed by atoms with Crippen LogP contribution < -0.4 is 15.4 Å². The first-order chi connectivity index (χ1) is 18.2. The lowest BCUT2D eigenvalue weighted by Gasteiger charge is -2.33. The Labute approximate surface area is 224 Å². The minimum Gasteiger partial charge on any atom is -0.508 e. The molecule has 0 bridgehead atoms. The lowest BCUT2D eigenvalue weighted by molar-refractivity contribution is -0.137. The molecule has 1 atom stereocenters. The molecule has 204 valence electrons. The van der Waals surface area contributed by atoms with Crippen molar-refractivity contribution in [2.24, 2.45) is 5.92 Å². The number of amides is 1. The zero-order valence-electron chi connectivity index (χ0n) is 22.3. The van der Waals surface area contributed by atoms with Gasteiger partial charge < -0.3 is 35.9 Å². The number of phenols is 1. The number of benzene rings is 2. The van der Waals surface area contributed by atoms with Crippen LogP contribution in [0.5, 0.6) is 11.5 Å². The highest BCUT2D eigenvalue weighted by atomic mass is 16.5. The second-order valence-corrected chi connectivity index (χ2v) is 9.76. The quantitative estimate of drug-likeness (QED) is 0.237. The topological polar surface area (TPSA) is 135 Å². The zero-order chi connectivity index (χ0) is 27.7. The lowest BCUT2D eigenvalue weighted by Crippen LogP contribution is -2.35. The van der Waals surface area contributed by atoms with E-state index >= 15 is 0 Å². The van der Waals surface area contributed by atoms with E-state index in [2.05, 4.69) is 10.6 Å². The Morgan fingerprint density at radius 3 is 2.42 bits per heavy atom. The van der Waals surface area contributed by atoms with Gasteiger partial charge in [-0.15, -0.1) is 0 Å². The van der Waals surface area contributed by atoms with E-state index in [1.807, 2.05) is 18.3 Å². The Morgan fingerprint density at radius 2 is 1.82 bits per heavy atom. The van der Waals surface area contributed by atoms with E-state index in [0.29, 0.717) is 28.6 Å². The van der Waals surface area contributed by atoms with Crippen LogP contribution in [-0.4, -0.2) is 59.4 Å². The van der Waals surface area contributed by atoms with E-state index < -0.39 is 5.97 Å². The molecule has 1 aliphatic rings. The van der Waals surface area contributed by atoms with Crippen molar-refractivity contribution >= 4 is 29.0 Å². The van der Waals surface area contributed by atoms with Gasteiger partial charge >= 0.3 is 5.97 Å². The first kappa shape index (κ1) is 28.6. The molecule has 5 N–H and O–H groups in total. The number of phenolic OH excluding ortho intramolecular Hbond substituents is 1. The minimum absolute atomic E-state index is 0.0820. The van der Waals surface area contributed by atoms with Gasteiger partial charge in [0.15, 0.2) is 0 Å². The molecular weight excluding hydrogens is 484 g/mol. The maximum absolute atomic E-state index is 12.7. The highest BCUT2D eigenvalue weighted by Gasteiger charge is 2.28. The number of ether oxygens (including phenoxy) is 1. The molecule has 0 radical (unpaired) electrons. The Morgan fingerprint density at radius 1 is 1.13 bits per heavy atom. The molecule has 0 saturated heterocycles. The van der Waals surface area contributed by atoms with E-state index in [0.717, 1.165) is 36.9 Å². The van der Waals surface area contributed by atoms with Crippen molar-refractivity contribution in [2.75, 3.05) is 31.3 Å². The van der Waals surface area contributed by atoms with Crippen molar-refractivity contribution in [3.05, 3.63) is 59.8 Å². The molecule has 2 aromatic rings. The number of aliphatic carboxylic acids is 1. The van der Waals surface area contributed by atoms with Crippen molar-refractivity contribution < 1.29 is 24.5 Å². The number of carboxylic acids is 1. The molecule has 9 heteroatoms. The molecule has 2 aromatic carbocycles. The number of carbonyl (C=O) groups is 2. The summed E-state index contributed by atoms with van der Waals surface area (Å²) in [6.45, 7) is 1.91. The van der Waals surface area contributed by atoms with Gasteiger partial charge in [0.25, 0.3) is 5.91 Å². The van der Waals surface area contributed by atoms with E-state index in [1.165, 1.54) is 24.5 Å². The number of carboxylic acid groups (broad SMARTS) is 1. The molecular formula is C29H38N4O5. The van der Waals surface area contributed by atoms with Crippen LogP contribution in [0.4, 0.5) is 11.4 Å². The highest BCUT2D eigenvalue weighted by molar-refractivity contribution is 5.98. The number of carbonyl (C=O) groups excluding carboxylic acids is 1. The second kappa shape index (κ2) is 13.5. The van der Waals surface area contributed by atoms with Gasteiger partial charge in [0.1, 0.15) is 11.5 Å². The molecule has 38 heavy (non-hydrogen) atoms. The van der Waals surface area contributed by atoms with Crippen molar-refractivity contribution in [1.29, 1.82) is 5.41 Å². The van der Waals surface area contributed by atoms with Crippen LogP contribution in [0.3, 0.4) is 0 Å². The maximum Gasteiger partial charge on any atom is 0.305 e. The van der Waals surface area contributed by atoms with Crippen LogP contribution in [0.15, 0.2) is 54.2 Å². The molecule has 0 spiro atoms. The number of rotatable bonds is 12. The second-order valence-electron chi connectivity index (χ2n) is 9.76. The van der Waals surface area contributed by atoms with Crippen molar-refractivity contribution in [1.82, 2.24) is 4.90 Å². The van der Waals surface area contributed by atoms with Gasteiger partial charge in [-0.3, -0.25) is 9.59 Å². The first-order valence-corrected chi connectivity index (χ1v) is 12.9. The summed E-state index contributed by atoms with van der Waals surface area (Å²) < 4.78 is 5.25. The fourth-order valence-corrected chi connectivity index (χ4v) is 4.77. The van der Waals surface area contributed by atoms with E-state index in [-0.39, 0.29) is 30.7 Å². The van der Waals surface area contributed by atoms with Gasteiger partial charge in [0.05, 0.1) is 19.6 Å². The van der Waals surface area contributed by atoms with Gasteiger partial charge in [-0.05, 0) is 49.9 Å². The van der Waals surface area contributed by atoms with Crippen LogP contribution in [0.25, 0.3) is 0 Å². The molecule has 3 rings (SSSR count). The van der Waals surface area contributed by atoms with E-state index in [9.17, 15) is 14.7 Å². The smallest absolute Gasteiger partial charge is 0.305 e. The van der Waals surface area contributed by atoms with Gasteiger partial charge in [0.2, 0.25) is 0 Å². The molecule has 1 fully saturated rings. The summed E-state index contributed by atoms with van der Waals surface area (Å²) in [6.07, 6.45) is 7.30. The number of nitrogens with one attached hydrogen (secondary N) is 3. The SMILES string of the molecule is COc1cc(O)cc(N/C=C(\C(C)=N)C(Nc2ccc(C(=O)N(C)CCC(=O)O)cc2)C2CCCCC2)c1. The standard InChI is InChI=1S/C29H38N4O5/c1-19(30)26(18-31-23-15-24(34)17-25(16-23)38-3)28(20-7-5-4-6-8-20)32-22-11-9-21(10-12-22)29(37)33(2)14-13-27(35)36/h9-12,15-18,20,28,30-32,34H,4-8,13-14H2,1-3H3,(H,35,36)/b26-18+,30-19?. The predicted molar refractivity (Wildman–Crippen MR) is 149 cm³/mol. The number of anilines is 2. The number of methoxy groups -OCH3 is 1. The Balaban J connectivity index is 1.83. The monoisotopic (exact) mass is 522 g/mol. The van der Waals surface area contributed by atoms with Gasteiger partial charge in [0, 0.05) is 66.2 Å². The van der Waals surface area contributed by atoms with Crippen molar-refractivity contribution in [3.63, 3.8) is 0 Å². The summed E-state index contributed by atoms with van der Waals surface area (Å²) in [5.41, 5.74) is 3.21. The van der Waals surface area contributed by atoms with Gasteiger partial charge in [-0.25, -0.2) is 0 Å².